The molecule has 1 nitrogen and oxygen atoms in total. The summed E-state index contributed by atoms with van der Waals surface area (Å²) in [6.07, 6.45) is -7.22. The Labute approximate surface area is 303 Å². The molecule has 4 aromatic carbocycles. The number of benzene rings is 4. The second kappa shape index (κ2) is 16.5. The Morgan fingerprint density at radius 2 is 0.375 bits per heavy atom. The minimum Gasteiger partial charge on any atom is -0.341 e. The van der Waals surface area contributed by atoms with Crippen LogP contribution in [0.5, 0.6) is 0 Å². The van der Waals surface area contributed by atoms with Gasteiger partial charge in [-0.1, -0.05) is 27.7 Å². The molecule has 0 spiro atoms. The summed E-state index contributed by atoms with van der Waals surface area (Å²) in [6, 6.07) is 1.51. The van der Waals surface area contributed by atoms with Crippen LogP contribution in [0.2, 0.25) is 0 Å². The maximum atomic E-state index is 15.4. The summed E-state index contributed by atoms with van der Waals surface area (Å²) in [5.74, 6) is -69.8. The zero-order valence-electron chi connectivity index (χ0n) is 29.0. The van der Waals surface area contributed by atoms with Crippen molar-refractivity contribution in [2.24, 2.45) is 11.8 Å². The normalized spacial score (nSPS) is 13.1. The molecule has 2 unspecified atom stereocenters. The summed E-state index contributed by atoms with van der Waals surface area (Å²) in [7, 11) is 0. The molecule has 2 N–H and O–H groups in total. The molecule has 0 heterocycles. The highest BCUT2D eigenvalue weighted by molar-refractivity contribution is 7.20. The van der Waals surface area contributed by atoms with Crippen molar-refractivity contribution in [3.8, 4) is 0 Å². The highest BCUT2D eigenvalue weighted by atomic mass is 19.2. The number of quaternary nitrogens is 1. The van der Waals surface area contributed by atoms with Crippen molar-refractivity contribution in [1.82, 2.24) is 0 Å². The molecule has 0 bridgehead atoms. The lowest BCUT2D eigenvalue weighted by Crippen LogP contribution is -2.95. The molecule has 0 saturated heterocycles. The zero-order chi connectivity index (χ0) is 43.4. The van der Waals surface area contributed by atoms with Gasteiger partial charge in [-0.2, -0.15) is 0 Å². The van der Waals surface area contributed by atoms with Crippen molar-refractivity contribution in [3.63, 3.8) is 0 Å². The third-order valence-corrected chi connectivity index (χ3v) is 9.42. The van der Waals surface area contributed by atoms with Crippen molar-refractivity contribution >= 4 is 28.0 Å². The Kier molecular flexibility index (Phi) is 13.6. The molecule has 0 aromatic heterocycles. The molecule has 0 saturated carbocycles. The third-order valence-electron chi connectivity index (χ3n) is 9.42. The van der Waals surface area contributed by atoms with E-state index in [1.807, 2.05) is 0 Å². The molecule has 0 aliphatic carbocycles. The lowest BCUT2D eigenvalue weighted by Gasteiger charge is -2.44. The zero-order valence-corrected chi connectivity index (χ0v) is 29.0. The minimum atomic E-state index is -7.22. The van der Waals surface area contributed by atoms with E-state index in [0.29, 0.717) is 0 Å². The van der Waals surface area contributed by atoms with Crippen molar-refractivity contribution in [2.75, 3.05) is 0 Å². The van der Waals surface area contributed by atoms with Crippen LogP contribution in [0.3, 0.4) is 0 Å². The molecule has 0 aliphatic rings. The first-order valence-corrected chi connectivity index (χ1v) is 15.7. The van der Waals surface area contributed by atoms with E-state index in [0.717, 1.165) is 23.9 Å². The lowest BCUT2D eigenvalue weighted by atomic mass is 9.12. The van der Waals surface area contributed by atoms with Gasteiger partial charge in [-0.15, -0.1) is 21.9 Å². The average Bonchev–Trinajstić information content (AvgIpc) is 3.14. The topological polar surface area (TPSA) is 16.6 Å². The van der Waals surface area contributed by atoms with Crippen LogP contribution in [0.25, 0.3) is 0 Å². The highest BCUT2D eigenvalue weighted by Crippen LogP contribution is 2.30. The van der Waals surface area contributed by atoms with Gasteiger partial charge < -0.3 is 5.32 Å². The van der Waals surface area contributed by atoms with Crippen LogP contribution in [0.1, 0.15) is 41.5 Å². The Bertz CT molecular complexity index is 1790. The molecule has 22 heteroatoms. The van der Waals surface area contributed by atoms with Gasteiger partial charge in [0, 0.05) is 11.8 Å². The van der Waals surface area contributed by atoms with Gasteiger partial charge in [0.15, 0.2) is 69.8 Å². The van der Waals surface area contributed by atoms with E-state index in [-0.39, 0.29) is 0 Å². The van der Waals surface area contributed by atoms with Gasteiger partial charge in [-0.05, 0) is 13.8 Å². The largest absolute Gasteiger partial charge is 0.341 e. The molecule has 0 fully saturated rings. The molecular weight excluding hydrogens is 813 g/mol. The molecule has 0 aliphatic heterocycles. The van der Waals surface area contributed by atoms with Gasteiger partial charge in [0.1, 0.15) is 52.7 Å². The fourth-order valence-electron chi connectivity index (χ4n) is 5.80. The average molecular weight is 837 g/mol. The Morgan fingerprint density at radius 3 is 0.500 bits per heavy atom. The number of nitrogens with two attached hydrogens (primary N) is 1. The number of rotatable bonds is 8. The first kappa shape index (κ1) is 45.9. The molecule has 2 atom stereocenters. The van der Waals surface area contributed by atoms with Crippen LogP contribution >= 0.6 is 0 Å². The smallest absolute Gasteiger partial charge is 0.200 e. The van der Waals surface area contributed by atoms with Gasteiger partial charge in [0.25, 0.3) is 0 Å². The quantitative estimate of drug-likeness (QED) is 0.0822. The molecular formula is C34H24BF20N. The van der Waals surface area contributed by atoms with E-state index in [1.54, 1.807) is 0 Å². The highest BCUT2D eigenvalue weighted by Gasteiger charge is 2.52. The van der Waals surface area contributed by atoms with Crippen molar-refractivity contribution in [1.29, 1.82) is 0 Å². The second-order valence-electron chi connectivity index (χ2n) is 13.2. The SMILES string of the molecule is CC(C)C(C)[NH2+]C(C)C(C)C.Fc1c(F)c(F)c([B-](c2c(F)c(F)c(F)c(F)c2F)(c2c(F)c(F)c(F)c(F)c2F)c2c(F)c(F)c(F)c(F)c2F)c(F)c1F. The molecule has 0 amide bonds. The molecule has 56 heavy (non-hydrogen) atoms. The van der Waals surface area contributed by atoms with Crippen LogP contribution in [0.15, 0.2) is 0 Å². The summed E-state index contributed by atoms with van der Waals surface area (Å²) in [6.45, 7) is 13.8. The van der Waals surface area contributed by atoms with E-state index in [1.165, 1.54) is 0 Å². The van der Waals surface area contributed by atoms with Crippen LogP contribution < -0.4 is 27.2 Å². The Balaban J connectivity index is 0.000000665. The maximum absolute atomic E-state index is 15.4. The van der Waals surface area contributed by atoms with Crippen LogP contribution in [0.4, 0.5) is 87.8 Å². The van der Waals surface area contributed by atoms with E-state index < -0.39 is 144 Å². The van der Waals surface area contributed by atoms with Crippen molar-refractivity contribution in [2.45, 2.75) is 53.6 Å². The van der Waals surface area contributed by atoms with Crippen LogP contribution in [-0.2, 0) is 0 Å². The van der Waals surface area contributed by atoms with E-state index in [9.17, 15) is 52.7 Å². The van der Waals surface area contributed by atoms with E-state index >= 15 is 35.1 Å². The van der Waals surface area contributed by atoms with Gasteiger partial charge in [-0.3, -0.25) is 0 Å². The standard InChI is InChI=1S/C24BF20.C10H23N/c26-5-1(6(27)14(35)21(42)13(5)34)25(2-7(28)15(36)22(43)16(37)8(2)29,3-9(30)17(38)23(44)18(39)10(3)31)4-11(32)19(40)24(45)20(41)12(4)33;1-7(2)9(5)11-10(6)8(3)4/h;7-11H,1-6H3/q-1;/p+1. The second-order valence-corrected chi connectivity index (χ2v) is 13.2. The van der Waals surface area contributed by atoms with Crippen molar-refractivity contribution < 1.29 is 93.1 Å². The predicted octanol–water partition coefficient (Wildman–Crippen LogP) is 7.48. The van der Waals surface area contributed by atoms with Crippen LogP contribution in [-0.4, -0.2) is 18.2 Å². The number of hydrogen-bond donors (Lipinski definition) is 1. The summed E-state index contributed by atoms with van der Waals surface area (Å²) in [5.41, 5.74) is -14.3. The summed E-state index contributed by atoms with van der Waals surface area (Å²) < 4.78 is 294. The Hall–Kier alpha value is -4.50. The third kappa shape index (κ3) is 7.16. The summed E-state index contributed by atoms with van der Waals surface area (Å²) in [4.78, 5) is 0. The lowest BCUT2D eigenvalue weighted by molar-refractivity contribution is -0.726. The van der Waals surface area contributed by atoms with Gasteiger partial charge in [0.2, 0.25) is 0 Å². The molecule has 4 rings (SSSR count). The van der Waals surface area contributed by atoms with Gasteiger partial charge in [-0.25, -0.2) is 87.8 Å². The fourth-order valence-corrected chi connectivity index (χ4v) is 5.80. The van der Waals surface area contributed by atoms with E-state index in [4.69, 9.17) is 0 Å². The first-order chi connectivity index (χ1) is 25.6. The van der Waals surface area contributed by atoms with E-state index in [2.05, 4.69) is 46.9 Å². The van der Waals surface area contributed by atoms with Gasteiger partial charge >= 0.3 is 0 Å². The van der Waals surface area contributed by atoms with Crippen LogP contribution in [0, 0.1) is 128 Å². The Morgan fingerprint density at radius 1 is 0.250 bits per heavy atom. The number of halogens is 20. The predicted molar refractivity (Wildman–Crippen MR) is 160 cm³/mol. The fraction of sp³-hybridized carbons (Fsp3) is 0.294. The minimum absolute atomic E-state index is 0.757. The molecule has 4 aromatic rings. The molecule has 308 valence electrons. The first-order valence-electron chi connectivity index (χ1n) is 15.7. The summed E-state index contributed by atoms with van der Waals surface area (Å²) in [5, 5.41) is 2.48. The molecule has 0 radical (unpaired) electrons. The maximum Gasteiger partial charge on any atom is 0.200 e. The summed E-state index contributed by atoms with van der Waals surface area (Å²) >= 11 is 0. The van der Waals surface area contributed by atoms with Gasteiger partial charge in [0.05, 0.1) is 12.1 Å². The number of hydrogen-bond acceptors (Lipinski definition) is 0. The van der Waals surface area contributed by atoms with Crippen molar-refractivity contribution in [3.05, 3.63) is 116 Å². The monoisotopic (exact) mass is 837 g/mol.